The van der Waals surface area contributed by atoms with E-state index in [-0.39, 0.29) is 5.75 Å². The van der Waals surface area contributed by atoms with E-state index in [2.05, 4.69) is 17.4 Å². The maximum atomic E-state index is 10.6. The first kappa shape index (κ1) is 9.45. The van der Waals surface area contributed by atoms with Gasteiger partial charge in [-0.15, -0.1) is 0 Å². The largest absolute Gasteiger partial charge is 0.392 e. The summed E-state index contributed by atoms with van der Waals surface area (Å²) in [6, 6.07) is -0.813. The average molecular weight is 163 g/mol. The normalized spacial score (nSPS) is 12.3. The Bertz CT molecular complexity index is 148. The van der Waals surface area contributed by atoms with Crippen LogP contribution in [-0.4, -0.2) is 23.7 Å². The number of hydrogen-bond acceptors (Lipinski definition) is 5. The number of thiol groups is 1. The third-order valence-corrected chi connectivity index (χ3v) is 1.14. The fraction of sp³-hybridized carbons (Fsp3) is 0.600. The zero-order valence-electron chi connectivity index (χ0n) is 5.53. The predicted octanol–water partition coefficient (Wildman–Crippen LogP) is -0.667. The predicted molar refractivity (Wildman–Crippen MR) is 38.6 cm³/mol. The highest BCUT2D eigenvalue weighted by molar-refractivity contribution is 7.80. The summed E-state index contributed by atoms with van der Waals surface area (Å²) in [5.74, 6) is -1.21. The molecule has 0 fully saturated rings. The zero-order chi connectivity index (χ0) is 8.15. The molecule has 0 aliphatic rings. The Balaban J connectivity index is 3.73. The molecule has 1 atom stereocenters. The van der Waals surface area contributed by atoms with Crippen molar-refractivity contribution in [3.05, 3.63) is 0 Å². The molecule has 0 aromatic rings. The van der Waals surface area contributed by atoms with Crippen LogP contribution < -0.4 is 5.73 Å². The third kappa shape index (κ3) is 3.47. The Kier molecular flexibility index (Phi) is 4.06. The van der Waals surface area contributed by atoms with Crippen LogP contribution in [0, 0.1) is 0 Å². The molecule has 0 radical (unpaired) electrons. The molecule has 1 unspecified atom stereocenters. The van der Waals surface area contributed by atoms with Crippen molar-refractivity contribution in [2.75, 3.05) is 5.75 Å². The van der Waals surface area contributed by atoms with Crippen molar-refractivity contribution in [3.63, 3.8) is 0 Å². The molecule has 0 aromatic heterocycles. The van der Waals surface area contributed by atoms with E-state index in [1.807, 2.05) is 0 Å². The molecule has 0 saturated carbocycles. The highest BCUT2D eigenvalue weighted by Gasteiger charge is 2.14. The first-order valence-corrected chi connectivity index (χ1v) is 3.30. The van der Waals surface area contributed by atoms with Gasteiger partial charge in [-0.05, 0) is 0 Å². The number of ether oxygens (including phenoxy) is 1. The van der Waals surface area contributed by atoms with Crippen molar-refractivity contribution >= 4 is 24.6 Å². The molecule has 0 rings (SSSR count). The lowest BCUT2D eigenvalue weighted by Gasteiger charge is -2.04. The van der Waals surface area contributed by atoms with Crippen molar-refractivity contribution in [2.24, 2.45) is 5.73 Å². The summed E-state index contributed by atoms with van der Waals surface area (Å²) in [4.78, 5) is 20.7. The van der Waals surface area contributed by atoms with Gasteiger partial charge in [-0.1, -0.05) is 0 Å². The first-order chi connectivity index (χ1) is 4.57. The van der Waals surface area contributed by atoms with Crippen molar-refractivity contribution in [1.29, 1.82) is 0 Å². The Morgan fingerprint density at radius 2 is 2.20 bits per heavy atom. The van der Waals surface area contributed by atoms with E-state index in [4.69, 9.17) is 5.73 Å². The fourth-order valence-corrected chi connectivity index (χ4v) is 0.441. The van der Waals surface area contributed by atoms with Gasteiger partial charge in [0.15, 0.2) is 0 Å². The maximum Gasteiger partial charge on any atom is 0.331 e. The number of carbonyl (C=O) groups is 2. The van der Waals surface area contributed by atoms with Gasteiger partial charge in [-0.2, -0.15) is 12.6 Å². The molecule has 0 amide bonds. The van der Waals surface area contributed by atoms with Crippen molar-refractivity contribution in [3.8, 4) is 0 Å². The van der Waals surface area contributed by atoms with Crippen molar-refractivity contribution in [2.45, 2.75) is 13.0 Å². The highest BCUT2D eigenvalue weighted by Crippen LogP contribution is 1.88. The topological polar surface area (TPSA) is 69.4 Å². The van der Waals surface area contributed by atoms with Crippen LogP contribution in [-0.2, 0) is 14.3 Å². The SMILES string of the molecule is CC(=O)OC(=O)C(N)CS. The molecular weight excluding hydrogens is 154 g/mol. The van der Waals surface area contributed by atoms with Gasteiger partial charge in [0.25, 0.3) is 0 Å². The van der Waals surface area contributed by atoms with E-state index in [0.717, 1.165) is 6.92 Å². The lowest BCUT2D eigenvalue weighted by molar-refractivity contribution is -0.158. The lowest BCUT2D eigenvalue weighted by Crippen LogP contribution is -2.34. The highest BCUT2D eigenvalue weighted by atomic mass is 32.1. The second-order valence-electron chi connectivity index (χ2n) is 1.70. The molecule has 0 saturated heterocycles. The number of nitrogens with two attached hydrogens (primary N) is 1. The Labute approximate surface area is 64.1 Å². The Morgan fingerprint density at radius 3 is 2.50 bits per heavy atom. The van der Waals surface area contributed by atoms with Crippen LogP contribution in [0.3, 0.4) is 0 Å². The number of hydrogen-bond donors (Lipinski definition) is 2. The van der Waals surface area contributed by atoms with Crippen LogP contribution in [0.25, 0.3) is 0 Å². The molecule has 0 heterocycles. The van der Waals surface area contributed by atoms with E-state index >= 15 is 0 Å². The standard InChI is InChI=1S/C5H9NO3S/c1-3(7)9-5(8)4(6)2-10/h4,10H,2,6H2,1H3. The Morgan fingerprint density at radius 1 is 1.70 bits per heavy atom. The monoisotopic (exact) mass is 163 g/mol. The average Bonchev–Trinajstić information content (AvgIpc) is 1.85. The van der Waals surface area contributed by atoms with Gasteiger partial charge in [-0.3, -0.25) is 4.79 Å². The van der Waals surface area contributed by atoms with Crippen LogP contribution in [0.1, 0.15) is 6.92 Å². The minimum absolute atomic E-state index is 0.173. The zero-order valence-corrected chi connectivity index (χ0v) is 6.43. The van der Waals surface area contributed by atoms with Gasteiger partial charge in [0, 0.05) is 12.7 Å². The van der Waals surface area contributed by atoms with E-state index in [9.17, 15) is 9.59 Å². The van der Waals surface area contributed by atoms with E-state index in [0.29, 0.717) is 0 Å². The van der Waals surface area contributed by atoms with Crippen LogP contribution in [0.5, 0.6) is 0 Å². The lowest BCUT2D eigenvalue weighted by atomic mass is 10.4. The first-order valence-electron chi connectivity index (χ1n) is 2.66. The van der Waals surface area contributed by atoms with Crippen molar-refractivity contribution in [1.82, 2.24) is 0 Å². The summed E-state index contributed by atoms with van der Waals surface area (Å²) in [5.41, 5.74) is 5.16. The van der Waals surface area contributed by atoms with Crippen LogP contribution in [0.2, 0.25) is 0 Å². The second kappa shape index (κ2) is 4.29. The minimum Gasteiger partial charge on any atom is -0.392 e. The Hall–Kier alpha value is -0.550. The molecule has 58 valence electrons. The third-order valence-electron chi connectivity index (χ3n) is 0.744. The van der Waals surface area contributed by atoms with Gasteiger partial charge in [0.2, 0.25) is 0 Å². The van der Waals surface area contributed by atoms with Crippen molar-refractivity contribution < 1.29 is 14.3 Å². The van der Waals surface area contributed by atoms with E-state index in [1.54, 1.807) is 0 Å². The molecule has 5 heteroatoms. The summed E-state index contributed by atoms with van der Waals surface area (Å²) in [6.07, 6.45) is 0. The van der Waals surface area contributed by atoms with Crippen LogP contribution in [0.4, 0.5) is 0 Å². The van der Waals surface area contributed by atoms with E-state index < -0.39 is 18.0 Å². The van der Waals surface area contributed by atoms with Gasteiger partial charge < -0.3 is 10.5 Å². The summed E-state index contributed by atoms with van der Waals surface area (Å²) in [6.45, 7) is 1.14. The summed E-state index contributed by atoms with van der Waals surface area (Å²) in [5, 5.41) is 0. The summed E-state index contributed by atoms with van der Waals surface area (Å²) < 4.78 is 4.15. The molecule has 0 aromatic carbocycles. The summed E-state index contributed by atoms with van der Waals surface area (Å²) >= 11 is 3.74. The molecule has 0 spiro atoms. The van der Waals surface area contributed by atoms with Crippen LogP contribution >= 0.6 is 12.6 Å². The maximum absolute atomic E-state index is 10.6. The number of esters is 2. The summed E-state index contributed by atoms with van der Waals surface area (Å²) in [7, 11) is 0. The number of rotatable bonds is 2. The molecule has 0 aliphatic carbocycles. The molecular formula is C5H9NO3S. The van der Waals surface area contributed by atoms with Gasteiger partial charge in [-0.25, -0.2) is 4.79 Å². The molecule has 0 bridgehead atoms. The van der Waals surface area contributed by atoms with Gasteiger partial charge in [0.05, 0.1) is 0 Å². The smallest absolute Gasteiger partial charge is 0.331 e. The fourth-order valence-electron chi connectivity index (χ4n) is 0.292. The van der Waals surface area contributed by atoms with Crippen LogP contribution in [0.15, 0.2) is 0 Å². The molecule has 4 nitrogen and oxygen atoms in total. The van der Waals surface area contributed by atoms with Gasteiger partial charge >= 0.3 is 11.9 Å². The quantitative estimate of drug-likeness (QED) is 0.322. The molecule has 0 aliphatic heterocycles. The molecule has 10 heavy (non-hydrogen) atoms. The van der Waals surface area contributed by atoms with Gasteiger partial charge in [0.1, 0.15) is 6.04 Å². The minimum atomic E-state index is -0.813. The van der Waals surface area contributed by atoms with E-state index in [1.165, 1.54) is 0 Å². The number of carbonyl (C=O) groups excluding carboxylic acids is 2. The second-order valence-corrected chi connectivity index (χ2v) is 2.07. The molecule has 2 N–H and O–H groups in total.